The lowest BCUT2D eigenvalue weighted by Gasteiger charge is -2.23. The van der Waals surface area contributed by atoms with Gasteiger partial charge in [0.1, 0.15) is 23.3 Å². The maximum Gasteiger partial charge on any atom is 0.417 e. The molecule has 5 nitrogen and oxygen atoms in total. The fourth-order valence-electron chi connectivity index (χ4n) is 3.29. The van der Waals surface area contributed by atoms with Gasteiger partial charge in [-0.1, -0.05) is 65.1 Å². The molecule has 4 rings (SSSR count). The van der Waals surface area contributed by atoms with E-state index in [4.69, 9.17) is 39.5 Å². The van der Waals surface area contributed by atoms with E-state index in [1.807, 2.05) is 0 Å². The van der Waals surface area contributed by atoms with E-state index >= 15 is 0 Å². The summed E-state index contributed by atoms with van der Waals surface area (Å²) in [5.74, 6) is -0.276. The van der Waals surface area contributed by atoms with Crippen LogP contribution in [0.3, 0.4) is 0 Å². The number of aliphatic imine (C=N–C) groups is 1. The largest absolute Gasteiger partial charge is 0.472 e. The maximum absolute atomic E-state index is 14.4. The van der Waals surface area contributed by atoms with Crippen LogP contribution in [0, 0.1) is 5.82 Å². The molecule has 34 heavy (non-hydrogen) atoms. The molecule has 0 amide bonds. The Balaban J connectivity index is 1.50. The molecule has 0 saturated heterocycles. The maximum atomic E-state index is 14.4. The summed E-state index contributed by atoms with van der Waals surface area (Å²) in [5, 5.41) is -0.194. The normalized spacial score (nSPS) is 18.2. The van der Waals surface area contributed by atoms with Crippen LogP contribution in [-0.2, 0) is 17.9 Å². The number of halogens is 7. The average Bonchev–Trinajstić information content (AvgIpc) is 3.07. The summed E-state index contributed by atoms with van der Waals surface area (Å²) >= 11 is 18.6. The van der Waals surface area contributed by atoms with Crippen molar-refractivity contribution in [3.05, 3.63) is 92.8 Å². The first-order valence-corrected chi connectivity index (χ1v) is 10.8. The highest BCUT2D eigenvalue weighted by molar-refractivity contribution is 6.33. The molecule has 1 aromatic heterocycles. The van der Waals surface area contributed by atoms with Gasteiger partial charge in [-0.3, -0.25) is 5.01 Å². The van der Waals surface area contributed by atoms with Crippen molar-refractivity contribution in [2.75, 3.05) is 7.05 Å². The van der Waals surface area contributed by atoms with E-state index in [1.165, 1.54) is 18.2 Å². The van der Waals surface area contributed by atoms with Gasteiger partial charge in [0.05, 0.1) is 16.1 Å². The molecule has 0 saturated carbocycles. The van der Waals surface area contributed by atoms with Crippen LogP contribution in [0.5, 0.6) is 5.88 Å². The molecule has 1 atom stereocenters. The summed E-state index contributed by atoms with van der Waals surface area (Å²) < 4.78 is 58.1. The highest BCUT2D eigenvalue weighted by Crippen LogP contribution is 2.39. The van der Waals surface area contributed by atoms with Crippen molar-refractivity contribution in [3.8, 4) is 5.88 Å². The van der Waals surface area contributed by atoms with Crippen molar-refractivity contribution in [3.63, 3.8) is 0 Å². The Hall–Kier alpha value is -2.59. The number of pyridine rings is 1. The van der Waals surface area contributed by atoms with Crippen LogP contribution in [0.2, 0.25) is 10.0 Å². The summed E-state index contributed by atoms with van der Waals surface area (Å²) in [4.78, 5) is 8.09. The summed E-state index contributed by atoms with van der Waals surface area (Å²) in [6.07, 6.45) is -3.89. The van der Waals surface area contributed by atoms with Crippen LogP contribution in [0.4, 0.5) is 17.6 Å². The molecule has 0 fully saturated rings. The smallest absolute Gasteiger partial charge is 0.417 e. The molecule has 0 radical (unpaired) electrons. The fourth-order valence-corrected chi connectivity index (χ4v) is 4.26. The van der Waals surface area contributed by atoms with E-state index in [2.05, 4.69) is 15.4 Å². The second-order valence-electron chi connectivity index (χ2n) is 7.32. The number of alkyl halides is 4. The number of hydrogen-bond acceptors (Lipinski definition) is 5. The predicted octanol–water partition coefficient (Wildman–Crippen LogP) is 6.37. The van der Waals surface area contributed by atoms with Gasteiger partial charge in [0.15, 0.2) is 0 Å². The second kappa shape index (κ2) is 9.22. The third-order valence-corrected chi connectivity index (χ3v) is 5.85. The van der Waals surface area contributed by atoms with Crippen LogP contribution in [0.1, 0.15) is 22.3 Å². The SMILES string of the molecule is CN1NC(Cl)(c2c(F)cccc2Cl)N=C1c1ccc(COc2ncc(C(F)(F)F)cc2Cl)cc1. The van der Waals surface area contributed by atoms with Crippen molar-refractivity contribution < 1.29 is 22.3 Å². The van der Waals surface area contributed by atoms with Crippen molar-refractivity contribution in [2.24, 2.45) is 4.99 Å². The molecule has 2 aromatic carbocycles. The van der Waals surface area contributed by atoms with E-state index in [1.54, 1.807) is 36.3 Å². The van der Waals surface area contributed by atoms with Crippen molar-refractivity contribution in [1.82, 2.24) is 15.4 Å². The van der Waals surface area contributed by atoms with Gasteiger partial charge < -0.3 is 4.74 Å². The van der Waals surface area contributed by atoms with E-state index in [-0.39, 0.29) is 28.1 Å². The number of benzene rings is 2. The van der Waals surface area contributed by atoms with E-state index in [0.717, 1.165) is 6.07 Å². The van der Waals surface area contributed by atoms with Gasteiger partial charge in [-0.15, -0.1) is 0 Å². The number of nitrogens with zero attached hydrogens (tertiary/aromatic N) is 3. The first kappa shape index (κ1) is 24.5. The van der Waals surface area contributed by atoms with Crippen LogP contribution in [-0.4, -0.2) is 22.9 Å². The minimum absolute atomic E-state index is 0.00567. The van der Waals surface area contributed by atoms with Gasteiger partial charge in [-0.05, 0) is 23.8 Å². The van der Waals surface area contributed by atoms with E-state index < -0.39 is 22.7 Å². The molecule has 1 aliphatic heterocycles. The third kappa shape index (κ3) is 4.93. The lowest BCUT2D eigenvalue weighted by Crippen LogP contribution is -2.42. The zero-order valence-electron chi connectivity index (χ0n) is 17.3. The number of aromatic nitrogens is 1. The Morgan fingerprint density at radius 2 is 1.79 bits per heavy atom. The van der Waals surface area contributed by atoms with Gasteiger partial charge in [0.25, 0.3) is 0 Å². The fraction of sp³-hybridized carbons (Fsp3) is 0.182. The number of amidine groups is 1. The Labute approximate surface area is 206 Å². The number of ether oxygens (including phenoxy) is 1. The number of rotatable bonds is 5. The van der Waals surface area contributed by atoms with Gasteiger partial charge in [-0.2, -0.15) is 18.6 Å². The van der Waals surface area contributed by atoms with Crippen molar-refractivity contribution in [1.29, 1.82) is 0 Å². The molecular formula is C22H15Cl3F4N4O. The van der Waals surface area contributed by atoms with Crippen molar-refractivity contribution in [2.45, 2.75) is 17.9 Å². The van der Waals surface area contributed by atoms with Crippen LogP contribution >= 0.6 is 34.8 Å². The van der Waals surface area contributed by atoms with Gasteiger partial charge in [0, 0.05) is 18.8 Å². The van der Waals surface area contributed by atoms with Gasteiger partial charge in [0.2, 0.25) is 11.0 Å². The molecule has 2 heterocycles. The van der Waals surface area contributed by atoms with Crippen LogP contribution < -0.4 is 10.2 Å². The topological polar surface area (TPSA) is 49.8 Å². The standard InChI is InChI=1S/C22H15Cl3F4N4O/c1-33-19(31-21(25,32-33)18-15(23)3-2-4-17(18)26)13-7-5-12(6-8-13)11-34-20-16(24)9-14(10-30-20)22(27,28)29/h2-10,32H,11H2,1H3. The third-order valence-electron chi connectivity index (χ3n) is 4.91. The van der Waals surface area contributed by atoms with Gasteiger partial charge in [-0.25, -0.2) is 14.4 Å². The molecule has 1 N–H and O–H groups in total. The molecule has 1 unspecified atom stereocenters. The van der Waals surface area contributed by atoms with Crippen LogP contribution in [0.25, 0.3) is 0 Å². The number of nitrogens with one attached hydrogen (secondary N) is 1. The quantitative estimate of drug-likeness (QED) is 0.235. The predicted molar refractivity (Wildman–Crippen MR) is 121 cm³/mol. The Morgan fingerprint density at radius 3 is 2.41 bits per heavy atom. The minimum atomic E-state index is -4.55. The molecular weight excluding hydrogens is 519 g/mol. The van der Waals surface area contributed by atoms with Gasteiger partial charge >= 0.3 is 6.18 Å². The molecule has 0 aliphatic carbocycles. The number of hydrogen-bond donors (Lipinski definition) is 1. The summed E-state index contributed by atoms with van der Waals surface area (Å²) in [6, 6.07) is 11.9. The summed E-state index contributed by atoms with van der Waals surface area (Å²) in [7, 11) is 1.67. The highest BCUT2D eigenvalue weighted by atomic mass is 35.5. The lowest BCUT2D eigenvalue weighted by molar-refractivity contribution is -0.137. The lowest BCUT2D eigenvalue weighted by atomic mass is 10.1. The summed E-state index contributed by atoms with van der Waals surface area (Å²) in [6.45, 7) is 0.0171. The summed E-state index contributed by atoms with van der Waals surface area (Å²) in [5.41, 5.74) is 3.31. The highest BCUT2D eigenvalue weighted by Gasteiger charge is 2.41. The number of hydrazine groups is 1. The first-order chi connectivity index (χ1) is 16.0. The zero-order chi connectivity index (χ0) is 24.7. The Morgan fingerprint density at radius 1 is 1.09 bits per heavy atom. The van der Waals surface area contributed by atoms with Crippen LogP contribution in [0.15, 0.2) is 59.7 Å². The van der Waals surface area contributed by atoms with Crippen molar-refractivity contribution >= 4 is 40.6 Å². The Bertz CT molecular complexity index is 1230. The average molecular weight is 534 g/mol. The Kier molecular flexibility index (Phi) is 6.65. The molecule has 1 aliphatic rings. The second-order valence-corrected chi connectivity index (χ2v) is 8.68. The molecule has 178 valence electrons. The van der Waals surface area contributed by atoms with E-state index in [0.29, 0.717) is 23.2 Å². The molecule has 0 spiro atoms. The monoisotopic (exact) mass is 532 g/mol. The molecule has 12 heteroatoms. The zero-order valence-corrected chi connectivity index (χ0v) is 19.6. The molecule has 0 bridgehead atoms. The minimum Gasteiger partial charge on any atom is -0.472 e. The molecule has 3 aromatic rings. The first-order valence-electron chi connectivity index (χ1n) is 9.67. The van der Waals surface area contributed by atoms with E-state index in [9.17, 15) is 17.6 Å².